The lowest BCUT2D eigenvalue weighted by Crippen LogP contribution is -2.14. The molecule has 0 saturated carbocycles. The van der Waals surface area contributed by atoms with Crippen molar-refractivity contribution in [3.05, 3.63) is 39.9 Å². The third kappa shape index (κ3) is 3.25. The minimum atomic E-state index is -0.445. The molecule has 1 aromatic carbocycles. The number of carbonyl (C=O) groups excluding carboxylic acids is 2. The summed E-state index contributed by atoms with van der Waals surface area (Å²) in [5.41, 5.74) is 2.47. The van der Waals surface area contributed by atoms with Gasteiger partial charge in [0.1, 0.15) is 4.88 Å². The largest absolute Gasteiger partial charge is 0.465 e. The Balaban J connectivity index is 2.26. The molecule has 6 nitrogen and oxygen atoms in total. The number of carbonyl (C=O) groups is 2. The van der Waals surface area contributed by atoms with Gasteiger partial charge in [-0.15, -0.1) is 5.10 Å². The average Bonchev–Trinajstić information content (AvgIpc) is 2.97. The van der Waals surface area contributed by atoms with E-state index in [2.05, 4.69) is 19.6 Å². The Morgan fingerprint density at radius 2 is 2.14 bits per heavy atom. The first-order chi connectivity index (χ1) is 10.1. The summed E-state index contributed by atoms with van der Waals surface area (Å²) in [4.78, 5) is 24.3. The van der Waals surface area contributed by atoms with Gasteiger partial charge in [-0.05, 0) is 42.6 Å². The molecule has 0 fully saturated rings. The minimum Gasteiger partial charge on any atom is -0.465 e. The zero-order valence-corrected chi connectivity index (χ0v) is 12.8. The van der Waals surface area contributed by atoms with Crippen LogP contribution in [0.1, 0.15) is 38.2 Å². The number of aryl methyl sites for hydroxylation is 2. The number of hydrogen-bond donors (Lipinski definition) is 1. The van der Waals surface area contributed by atoms with Crippen LogP contribution in [-0.4, -0.2) is 28.6 Å². The van der Waals surface area contributed by atoms with Crippen LogP contribution in [-0.2, 0) is 11.2 Å². The van der Waals surface area contributed by atoms with Crippen LogP contribution < -0.4 is 5.32 Å². The Hall–Kier alpha value is -2.28. The molecule has 0 aliphatic rings. The third-order valence-electron chi connectivity index (χ3n) is 3.00. The number of hydrogen-bond acceptors (Lipinski definition) is 6. The van der Waals surface area contributed by atoms with E-state index in [1.807, 2.05) is 13.8 Å². The molecule has 2 rings (SSSR count). The lowest BCUT2D eigenvalue weighted by atomic mass is 10.1. The number of esters is 1. The van der Waals surface area contributed by atoms with E-state index in [0.717, 1.165) is 17.1 Å². The van der Waals surface area contributed by atoms with Crippen LogP contribution in [0, 0.1) is 6.92 Å². The Morgan fingerprint density at radius 1 is 1.38 bits per heavy atom. The molecule has 1 aromatic heterocycles. The van der Waals surface area contributed by atoms with Crippen molar-refractivity contribution in [3.63, 3.8) is 0 Å². The van der Waals surface area contributed by atoms with Crippen LogP contribution in [0.4, 0.5) is 5.69 Å². The van der Waals surface area contributed by atoms with Crippen LogP contribution in [0.25, 0.3) is 0 Å². The van der Waals surface area contributed by atoms with Gasteiger partial charge in [-0.2, -0.15) is 0 Å². The highest BCUT2D eigenvalue weighted by Gasteiger charge is 2.16. The summed E-state index contributed by atoms with van der Waals surface area (Å²) in [7, 11) is 1.32. The minimum absolute atomic E-state index is 0.271. The lowest BCUT2D eigenvalue weighted by Gasteiger charge is -2.09. The normalized spacial score (nSPS) is 10.2. The van der Waals surface area contributed by atoms with Crippen molar-refractivity contribution in [2.45, 2.75) is 20.3 Å². The summed E-state index contributed by atoms with van der Waals surface area (Å²) in [6.07, 6.45) is 0.639. The van der Waals surface area contributed by atoms with Gasteiger partial charge in [0, 0.05) is 5.69 Å². The second-order valence-corrected chi connectivity index (χ2v) is 5.13. The Labute approximate surface area is 126 Å². The number of ether oxygens (including phenoxy) is 1. The highest BCUT2D eigenvalue weighted by Crippen LogP contribution is 2.20. The van der Waals surface area contributed by atoms with Crippen LogP contribution >= 0.6 is 11.5 Å². The predicted octanol–water partition coefficient (Wildman–Crippen LogP) is 2.45. The second kappa shape index (κ2) is 6.45. The first-order valence-electron chi connectivity index (χ1n) is 6.38. The van der Waals surface area contributed by atoms with Crippen LogP contribution in [0.5, 0.6) is 0 Å². The fourth-order valence-corrected chi connectivity index (χ4v) is 2.44. The number of amides is 1. The molecule has 1 amide bonds. The third-order valence-corrected chi connectivity index (χ3v) is 3.77. The number of aromatic nitrogens is 2. The Kier molecular flexibility index (Phi) is 4.64. The van der Waals surface area contributed by atoms with Crippen molar-refractivity contribution in [1.82, 2.24) is 9.59 Å². The molecule has 110 valence electrons. The molecule has 1 N–H and O–H groups in total. The highest BCUT2D eigenvalue weighted by atomic mass is 32.1. The molecule has 21 heavy (non-hydrogen) atoms. The summed E-state index contributed by atoms with van der Waals surface area (Å²) in [6.45, 7) is 3.76. The van der Waals surface area contributed by atoms with Crippen LogP contribution in [0.2, 0.25) is 0 Å². The molecule has 0 aliphatic carbocycles. The summed E-state index contributed by atoms with van der Waals surface area (Å²) < 4.78 is 8.47. The predicted molar refractivity (Wildman–Crippen MR) is 79.8 cm³/mol. The van der Waals surface area contributed by atoms with E-state index in [1.165, 1.54) is 7.11 Å². The van der Waals surface area contributed by atoms with E-state index >= 15 is 0 Å². The van der Waals surface area contributed by atoms with Crippen LogP contribution in [0.3, 0.4) is 0 Å². The molecule has 0 bridgehead atoms. The zero-order chi connectivity index (χ0) is 15.4. The Morgan fingerprint density at radius 3 is 2.81 bits per heavy atom. The van der Waals surface area contributed by atoms with E-state index in [-0.39, 0.29) is 5.91 Å². The molecule has 0 spiro atoms. The van der Waals surface area contributed by atoms with Gasteiger partial charge in [0.15, 0.2) is 0 Å². The molecule has 0 aliphatic heterocycles. The summed E-state index contributed by atoms with van der Waals surface area (Å²) in [5, 5.41) is 6.70. The maximum absolute atomic E-state index is 12.3. The summed E-state index contributed by atoms with van der Waals surface area (Å²) in [5.74, 6) is -0.717. The summed E-state index contributed by atoms with van der Waals surface area (Å²) >= 11 is 1.06. The number of anilines is 1. The van der Waals surface area contributed by atoms with Gasteiger partial charge in [0.2, 0.25) is 0 Å². The molecule has 1 heterocycles. The smallest absolute Gasteiger partial charge is 0.337 e. The highest BCUT2D eigenvalue weighted by molar-refractivity contribution is 7.08. The molecule has 0 saturated heterocycles. The van der Waals surface area contributed by atoms with Crippen molar-refractivity contribution >= 4 is 29.1 Å². The molecule has 0 unspecified atom stereocenters. The first-order valence-corrected chi connectivity index (χ1v) is 7.15. The van der Waals surface area contributed by atoms with Crippen molar-refractivity contribution in [1.29, 1.82) is 0 Å². The number of nitrogens with one attached hydrogen (secondary N) is 1. The molecular weight excluding hydrogens is 290 g/mol. The van der Waals surface area contributed by atoms with Crippen molar-refractivity contribution in [3.8, 4) is 0 Å². The molecule has 0 radical (unpaired) electrons. The number of methoxy groups -OCH3 is 1. The standard InChI is InChI=1S/C14H15N3O3S/c1-4-10-12(21-17-16-10)13(18)15-11-7-9(14(19)20-3)6-5-8(11)2/h5-7H,4H2,1-3H3,(H,15,18). The molecule has 2 aromatic rings. The van der Waals surface area contributed by atoms with E-state index in [0.29, 0.717) is 28.2 Å². The van der Waals surface area contributed by atoms with Gasteiger partial charge >= 0.3 is 5.97 Å². The number of nitrogens with zero attached hydrogens (tertiary/aromatic N) is 2. The van der Waals surface area contributed by atoms with Crippen molar-refractivity contribution in [2.24, 2.45) is 0 Å². The topological polar surface area (TPSA) is 81.2 Å². The quantitative estimate of drug-likeness (QED) is 0.877. The maximum atomic E-state index is 12.3. The van der Waals surface area contributed by atoms with Gasteiger partial charge in [-0.3, -0.25) is 4.79 Å². The summed E-state index contributed by atoms with van der Waals surface area (Å²) in [6, 6.07) is 5.01. The maximum Gasteiger partial charge on any atom is 0.337 e. The van der Waals surface area contributed by atoms with Crippen LogP contribution in [0.15, 0.2) is 18.2 Å². The zero-order valence-electron chi connectivity index (χ0n) is 12.0. The number of rotatable bonds is 4. The van der Waals surface area contributed by atoms with E-state index in [1.54, 1.807) is 18.2 Å². The average molecular weight is 305 g/mol. The first kappa shape index (κ1) is 15.1. The Bertz CT molecular complexity index is 682. The number of benzene rings is 1. The van der Waals surface area contributed by atoms with Gasteiger partial charge in [0.05, 0.1) is 18.4 Å². The molecule has 0 atom stereocenters. The van der Waals surface area contributed by atoms with Crippen molar-refractivity contribution < 1.29 is 14.3 Å². The molecule has 7 heteroatoms. The monoisotopic (exact) mass is 305 g/mol. The van der Waals surface area contributed by atoms with E-state index < -0.39 is 5.97 Å². The fraction of sp³-hybridized carbons (Fsp3) is 0.286. The van der Waals surface area contributed by atoms with E-state index in [9.17, 15) is 9.59 Å². The van der Waals surface area contributed by atoms with Gasteiger partial charge in [-0.1, -0.05) is 17.5 Å². The van der Waals surface area contributed by atoms with Crippen molar-refractivity contribution in [2.75, 3.05) is 12.4 Å². The molecular formula is C14H15N3O3S. The second-order valence-electron chi connectivity index (χ2n) is 4.38. The van der Waals surface area contributed by atoms with Gasteiger partial charge < -0.3 is 10.1 Å². The SMILES string of the molecule is CCc1nnsc1C(=O)Nc1cc(C(=O)OC)ccc1C. The van der Waals surface area contributed by atoms with Gasteiger partial charge in [-0.25, -0.2) is 4.79 Å². The van der Waals surface area contributed by atoms with E-state index in [4.69, 9.17) is 0 Å². The lowest BCUT2D eigenvalue weighted by molar-refractivity contribution is 0.0600. The van der Waals surface area contributed by atoms with Gasteiger partial charge in [0.25, 0.3) is 5.91 Å². The fourth-order valence-electron chi connectivity index (χ4n) is 1.79.